The highest BCUT2D eigenvalue weighted by atomic mass is 19.1. The third-order valence-electron chi connectivity index (χ3n) is 6.25. The maximum Gasteiger partial charge on any atom is 0.245 e. The molecule has 1 atom stereocenters. The molecule has 3 rings (SSSR count). The van der Waals surface area contributed by atoms with E-state index >= 15 is 0 Å². The Kier molecular flexibility index (Phi) is 9.81. The van der Waals surface area contributed by atoms with Crippen LogP contribution in [0.5, 0.6) is 5.75 Å². The number of carbonyl (C=O) groups is 2. The summed E-state index contributed by atoms with van der Waals surface area (Å²) in [6.45, 7) is 0.174. The highest BCUT2D eigenvalue weighted by Crippen LogP contribution is 2.28. The molecule has 0 radical (unpaired) electrons. The van der Waals surface area contributed by atoms with Crippen LogP contribution in [0.3, 0.4) is 0 Å². The Morgan fingerprint density at radius 2 is 1.97 bits per heavy atom. The minimum absolute atomic E-state index is 0.0254. The van der Waals surface area contributed by atoms with E-state index in [4.69, 9.17) is 15.7 Å². The summed E-state index contributed by atoms with van der Waals surface area (Å²) >= 11 is 0. The molecule has 8 nitrogen and oxygen atoms in total. The van der Waals surface area contributed by atoms with Crippen LogP contribution in [0.15, 0.2) is 47.5 Å². The normalized spacial score (nSPS) is 15.0. The van der Waals surface area contributed by atoms with Gasteiger partial charge in [0.2, 0.25) is 11.8 Å². The number of aliphatic imine (C=N–C) groups is 1. The van der Waals surface area contributed by atoms with Crippen LogP contribution in [-0.2, 0) is 22.6 Å². The predicted octanol–water partition coefficient (Wildman–Crippen LogP) is 3.33. The third kappa shape index (κ3) is 8.08. The fraction of sp³-hybridized carbons (Fsp3) is 0.407. The van der Waals surface area contributed by atoms with Crippen molar-refractivity contribution in [3.8, 4) is 11.8 Å². The molecule has 0 aliphatic heterocycles. The van der Waals surface area contributed by atoms with Crippen LogP contribution >= 0.6 is 0 Å². The molecule has 4 N–H and O–H groups in total. The molecule has 2 amide bonds. The monoisotopic (exact) mass is 493 g/mol. The Balaban J connectivity index is 1.66. The molecule has 2 aromatic rings. The van der Waals surface area contributed by atoms with Crippen LogP contribution in [0, 0.1) is 23.1 Å². The number of nitriles is 1. The molecule has 1 saturated carbocycles. The Morgan fingerprint density at radius 1 is 1.19 bits per heavy atom. The van der Waals surface area contributed by atoms with Gasteiger partial charge in [0.05, 0.1) is 25.2 Å². The zero-order chi connectivity index (χ0) is 25.9. The smallest absolute Gasteiger partial charge is 0.245 e. The number of ether oxygens (including phenoxy) is 1. The molecule has 0 spiro atoms. The van der Waals surface area contributed by atoms with Gasteiger partial charge in [-0.15, -0.1) is 0 Å². The standard InChI is InChI=1S/C27H32FN5O3/c1-36-24-14-21(10-11-22(24)28)17-31-26(35)23(13-18-6-3-2-4-7-18)32-27(30)33-25(34)15-19-8-5-9-20(12-19)16-29/h5,8-12,14,18,23H,2-4,6-7,13,15,17H2,1H3,(H,31,35)(H3,30,32,33,34). The molecule has 1 unspecified atom stereocenters. The largest absolute Gasteiger partial charge is 0.494 e. The van der Waals surface area contributed by atoms with Crippen LogP contribution in [-0.4, -0.2) is 30.9 Å². The van der Waals surface area contributed by atoms with Gasteiger partial charge in [0, 0.05) is 6.54 Å². The van der Waals surface area contributed by atoms with E-state index in [2.05, 4.69) is 15.6 Å². The summed E-state index contributed by atoms with van der Waals surface area (Å²) in [6.07, 6.45) is 6.02. The molecule has 1 aliphatic rings. The number of hydrogen-bond donors (Lipinski definition) is 3. The van der Waals surface area contributed by atoms with E-state index in [1.165, 1.54) is 25.7 Å². The lowest BCUT2D eigenvalue weighted by Crippen LogP contribution is -2.42. The van der Waals surface area contributed by atoms with Crippen molar-refractivity contribution in [3.05, 3.63) is 65.0 Å². The summed E-state index contributed by atoms with van der Waals surface area (Å²) in [4.78, 5) is 29.9. The average molecular weight is 494 g/mol. The van der Waals surface area contributed by atoms with Crippen molar-refractivity contribution in [1.29, 1.82) is 5.26 Å². The van der Waals surface area contributed by atoms with Crippen molar-refractivity contribution in [3.63, 3.8) is 0 Å². The van der Waals surface area contributed by atoms with E-state index in [1.807, 2.05) is 6.07 Å². The number of nitrogens with one attached hydrogen (secondary N) is 2. The number of nitrogens with zero attached hydrogens (tertiary/aromatic N) is 2. The molecule has 0 bridgehead atoms. The quantitative estimate of drug-likeness (QED) is 0.364. The summed E-state index contributed by atoms with van der Waals surface area (Å²) in [6, 6.07) is 12.4. The first-order valence-electron chi connectivity index (χ1n) is 12.1. The van der Waals surface area contributed by atoms with E-state index in [0.717, 1.165) is 25.7 Å². The number of hydrogen-bond acceptors (Lipinski definition) is 5. The Bertz CT molecular complexity index is 1140. The van der Waals surface area contributed by atoms with Crippen molar-refractivity contribution in [2.24, 2.45) is 16.6 Å². The summed E-state index contributed by atoms with van der Waals surface area (Å²) in [7, 11) is 1.38. The van der Waals surface area contributed by atoms with E-state index < -0.39 is 11.9 Å². The second-order valence-corrected chi connectivity index (χ2v) is 8.99. The second kappa shape index (κ2) is 13.2. The highest BCUT2D eigenvalue weighted by Gasteiger charge is 2.24. The van der Waals surface area contributed by atoms with E-state index in [9.17, 15) is 14.0 Å². The number of benzene rings is 2. The van der Waals surface area contributed by atoms with Crippen LogP contribution in [0.1, 0.15) is 55.2 Å². The van der Waals surface area contributed by atoms with Gasteiger partial charge in [0.25, 0.3) is 0 Å². The van der Waals surface area contributed by atoms with Crippen LogP contribution in [0.25, 0.3) is 0 Å². The predicted molar refractivity (Wildman–Crippen MR) is 134 cm³/mol. The van der Waals surface area contributed by atoms with Gasteiger partial charge in [-0.1, -0.05) is 50.3 Å². The number of guanidine groups is 1. The Labute approximate surface area is 210 Å². The second-order valence-electron chi connectivity index (χ2n) is 8.99. The van der Waals surface area contributed by atoms with Gasteiger partial charge in [-0.3, -0.25) is 14.9 Å². The van der Waals surface area contributed by atoms with Crippen molar-refractivity contribution < 1.29 is 18.7 Å². The number of halogens is 1. The molecule has 36 heavy (non-hydrogen) atoms. The van der Waals surface area contributed by atoms with E-state index in [-0.39, 0.29) is 36.5 Å². The molecular formula is C27H32FN5O3. The molecule has 9 heteroatoms. The molecular weight excluding hydrogens is 461 g/mol. The maximum atomic E-state index is 13.7. The van der Waals surface area contributed by atoms with Gasteiger partial charge in [-0.25, -0.2) is 9.38 Å². The van der Waals surface area contributed by atoms with Crippen molar-refractivity contribution in [1.82, 2.24) is 10.6 Å². The van der Waals surface area contributed by atoms with Gasteiger partial charge >= 0.3 is 0 Å². The minimum Gasteiger partial charge on any atom is -0.494 e. The van der Waals surface area contributed by atoms with Crippen LogP contribution in [0.2, 0.25) is 0 Å². The van der Waals surface area contributed by atoms with Crippen molar-refractivity contribution >= 4 is 17.8 Å². The fourth-order valence-electron chi connectivity index (χ4n) is 4.40. The first-order valence-corrected chi connectivity index (χ1v) is 12.1. The molecule has 1 fully saturated rings. The van der Waals surface area contributed by atoms with E-state index in [0.29, 0.717) is 29.0 Å². The number of nitrogens with two attached hydrogens (primary N) is 1. The first kappa shape index (κ1) is 26.7. The number of methoxy groups -OCH3 is 1. The lowest BCUT2D eigenvalue weighted by molar-refractivity contribution is -0.123. The van der Waals surface area contributed by atoms with Gasteiger partial charge in [0.1, 0.15) is 6.04 Å². The number of carbonyl (C=O) groups excluding carboxylic acids is 2. The van der Waals surface area contributed by atoms with Gasteiger partial charge in [0.15, 0.2) is 17.5 Å². The van der Waals surface area contributed by atoms with E-state index in [1.54, 1.807) is 30.3 Å². The fourth-order valence-corrected chi connectivity index (χ4v) is 4.40. The van der Waals surface area contributed by atoms with Crippen LogP contribution < -0.4 is 21.1 Å². The highest BCUT2D eigenvalue weighted by molar-refractivity contribution is 5.98. The lowest BCUT2D eigenvalue weighted by atomic mass is 9.84. The Morgan fingerprint density at radius 3 is 2.69 bits per heavy atom. The summed E-state index contributed by atoms with van der Waals surface area (Å²) in [5.74, 6) is -0.859. The molecule has 190 valence electrons. The molecule has 0 saturated heterocycles. The summed E-state index contributed by atoms with van der Waals surface area (Å²) in [5.41, 5.74) is 7.84. The lowest BCUT2D eigenvalue weighted by Gasteiger charge is -2.24. The zero-order valence-electron chi connectivity index (χ0n) is 20.4. The van der Waals surface area contributed by atoms with Gasteiger partial charge in [-0.05, 0) is 47.7 Å². The maximum absolute atomic E-state index is 13.7. The molecule has 0 heterocycles. The third-order valence-corrected chi connectivity index (χ3v) is 6.25. The Hall–Kier alpha value is -3.93. The van der Waals surface area contributed by atoms with Gasteiger partial charge in [-0.2, -0.15) is 5.26 Å². The first-order chi connectivity index (χ1) is 17.4. The SMILES string of the molecule is COc1cc(CNC(=O)C(CC2CCCCC2)N=C(N)NC(=O)Cc2cccc(C#N)c2)ccc1F. The van der Waals surface area contributed by atoms with Crippen LogP contribution in [0.4, 0.5) is 4.39 Å². The zero-order valence-corrected chi connectivity index (χ0v) is 20.4. The summed E-state index contributed by atoms with van der Waals surface area (Å²) < 4.78 is 18.7. The molecule has 0 aromatic heterocycles. The van der Waals surface area contributed by atoms with Crippen molar-refractivity contribution in [2.45, 2.75) is 57.5 Å². The molecule has 2 aromatic carbocycles. The van der Waals surface area contributed by atoms with Gasteiger partial charge < -0.3 is 15.8 Å². The molecule has 1 aliphatic carbocycles. The average Bonchev–Trinajstić information content (AvgIpc) is 2.88. The van der Waals surface area contributed by atoms with Crippen molar-refractivity contribution in [2.75, 3.05) is 7.11 Å². The number of rotatable bonds is 9. The minimum atomic E-state index is -0.766. The summed E-state index contributed by atoms with van der Waals surface area (Å²) in [5, 5.41) is 14.4. The number of amides is 2. The topological polar surface area (TPSA) is 130 Å².